The first-order chi connectivity index (χ1) is 47.7. The number of rotatable bonds is 13. The number of hydrogen-bond donors (Lipinski definition) is 19. The first-order valence-corrected chi connectivity index (χ1v) is 32.4. The number of nitrogens with one attached hydrogen (secondary N) is 7. The van der Waals surface area contributed by atoms with Crippen molar-refractivity contribution in [1.82, 2.24) is 37.2 Å². The minimum Gasteiger partial charge on any atom is -0.508 e. The molecule has 33 nitrogen and oxygen atoms in total. The zero-order valence-electron chi connectivity index (χ0n) is 54.6. The Hall–Kier alpha value is -8.68. The van der Waals surface area contributed by atoms with Gasteiger partial charge in [-0.3, -0.25) is 33.6 Å². The predicted molar refractivity (Wildman–Crippen MR) is 349 cm³/mol. The minimum absolute atomic E-state index is 0. The van der Waals surface area contributed by atoms with Gasteiger partial charge in [-0.15, -0.1) is 0 Å². The second-order valence-corrected chi connectivity index (χ2v) is 26.5. The Bertz CT molecular complexity index is 4080. The molecule has 102 heavy (non-hydrogen) atoms. The summed E-state index contributed by atoms with van der Waals surface area (Å²) in [5.74, 6) is -16.0. The van der Waals surface area contributed by atoms with E-state index in [1.807, 2.05) is 13.8 Å². The van der Waals surface area contributed by atoms with Crippen LogP contribution in [-0.2, 0) is 69.6 Å². The molecular formula is C66H75Cl2CuN9O24+2. The fraction of sp³-hybridized carbons (Fsp3) is 0.424. The second-order valence-electron chi connectivity index (χ2n) is 25.7. The van der Waals surface area contributed by atoms with Crippen molar-refractivity contribution in [3.8, 4) is 57.1 Å². The molecule has 0 saturated carbocycles. The van der Waals surface area contributed by atoms with Crippen LogP contribution in [0.2, 0.25) is 10.0 Å². The number of carboxylic acids is 1. The fourth-order valence-corrected chi connectivity index (χ4v) is 12.9. The van der Waals surface area contributed by atoms with E-state index in [0.29, 0.717) is 0 Å². The molecule has 1 unspecified atom stereocenters. The third-order valence-corrected chi connectivity index (χ3v) is 18.4. The molecule has 2 fully saturated rings. The van der Waals surface area contributed by atoms with Crippen molar-refractivity contribution in [3.63, 3.8) is 0 Å². The molecule has 11 bridgehead atoms. The number of fused-ring (bicyclic) bond motifs is 15. The number of carboxylic acid groups (broad SMARTS) is 1. The molecular weight excluding hydrogens is 1440 g/mol. The summed E-state index contributed by atoms with van der Waals surface area (Å²) in [6, 6.07) is -0.679. The van der Waals surface area contributed by atoms with Crippen molar-refractivity contribution < 1.29 is 135 Å². The Morgan fingerprint density at radius 1 is 0.716 bits per heavy atom. The minimum atomic E-state index is -2.35. The number of hydrogen-bond acceptors (Lipinski definition) is 25. The van der Waals surface area contributed by atoms with E-state index in [4.69, 9.17) is 63.1 Å². The molecule has 12 rings (SSSR count). The number of aliphatic hydroxyl groups excluding tert-OH is 6. The largest absolute Gasteiger partial charge is 2.00 e. The Balaban J connectivity index is 0.0000121. The van der Waals surface area contributed by atoms with E-state index in [1.165, 1.54) is 33.0 Å². The van der Waals surface area contributed by atoms with Gasteiger partial charge in [0.25, 0.3) is 0 Å². The summed E-state index contributed by atoms with van der Waals surface area (Å²) in [7, 11) is 1.47. The van der Waals surface area contributed by atoms with Crippen LogP contribution in [0.25, 0.3) is 11.1 Å². The normalized spacial score (nSPS) is 29.1. The number of phenols is 3. The van der Waals surface area contributed by atoms with Gasteiger partial charge in [0, 0.05) is 34.7 Å². The van der Waals surface area contributed by atoms with Crippen LogP contribution in [0.1, 0.15) is 105 Å². The molecule has 0 aliphatic carbocycles. The van der Waals surface area contributed by atoms with Crippen LogP contribution in [0.5, 0.6) is 46.0 Å². The van der Waals surface area contributed by atoms with Gasteiger partial charge < -0.3 is 128 Å². The zero-order chi connectivity index (χ0) is 73.5. The molecule has 7 aliphatic heterocycles. The molecule has 1 radical (unpaired) electrons. The summed E-state index contributed by atoms with van der Waals surface area (Å²) in [6.07, 6.45) is -18.6. The maximum atomic E-state index is 16.0. The summed E-state index contributed by atoms with van der Waals surface area (Å²) in [4.78, 5) is 117. The Morgan fingerprint density at radius 2 is 1.31 bits per heavy atom. The van der Waals surface area contributed by atoms with Crippen LogP contribution in [0.3, 0.4) is 0 Å². The fourth-order valence-electron chi connectivity index (χ4n) is 12.5. The van der Waals surface area contributed by atoms with Gasteiger partial charge in [-0.1, -0.05) is 55.2 Å². The van der Waals surface area contributed by atoms with Crippen molar-refractivity contribution in [1.29, 1.82) is 0 Å². The third-order valence-electron chi connectivity index (χ3n) is 17.8. The number of carbonyl (C=O) groups is 8. The number of amides is 7. The number of carbonyl (C=O) groups excluding carboxylic acids is 7. The summed E-state index contributed by atoms with van der Waals surface area (Å²) in [5.41, 5.74) is 8.00. The second kappa shape index (κ2) is 31.5. The number of benzene rings is 5. The molecule has 0 aromatic heterocycles. The van der Waals surface area contributed by atoms with Gasteiger partial charge in [-0.05, 0) is 110 Å². The quantitative estimate of drug-likeness (QED) is 0.0695. The van der Waals surface area contributed by atoms with Crippen molar-refractivity contribution >= 4 is 70.5 Å². The van der Waals surface area contributed by atoms with Gasteiger partial charge in [0.15, 0.2) is 29.9 Å². The molecule has 2 saturated heterocycles. The Labute approximate surface area is 600 Å². The number of ether oxygens (including phenoxy) is 6. The number of aliphatic hydroxyl groups is 6. The number of aliphatic carboxylic acids is 1. The first kappa shape index (κ1) is 77.5. The maximum Gasteiger partial charge on any atom is 2.00 e. The zero-order valence-corrected chi connectivity index (χ0v) is 57.1. The molecule has 21 N–H and O–H groups in total. The van der Waals surface area contributed by atoms with Crippen LogP contribution < -0.4 is 62.9 Å². The predicted octanol–water partition coefficient (Wildman–Crippen LogP) is 0.104. The number of halogens is 2. The topological polar surface area (TPSA) is 530 Å². The van der Waals surface area contributed by atoms with E-state index in [9.17, 15) is 75.0 Å². The van der Waals surface area contributed by atoms with Gasteiger partial charge in [-0.25, -0.2) is 4.79 Å². The number of likely N-dealkylation sites (N-methyl/N-ethyl adjacent to an activating group) is 1. The molecule has 18 atom stereocenters. The van der Waals surface area contributed by atoms with Crippen molar-refractivity contribution in [2.45, 2.75) is 156 Å². The summed E-state index contributed by atoms with van der Waals surface area (Å²) >= 11 is 14.1. The maximum absolute atomic E-state index is 16.0. The first-order valence-electron chi connectivity index (χ1n) is 31.6. The van der Waals surface area contributed by atoms with Crippen LogP contribution in [0.4, 0.5) is 0 Å². The molecule has 7 aliphatic rings. The molecule has 5 aromatic rings. The SMILES string of the molecule is CN[C@H](CC(C)C)C(=O)N[C@H]1C(=O)N[C@@H](CC(N)=O)C(=O)N[C@H]2C(=O)N[C@H]3C(=O)N[C@H](C(=O)N[C@@H](C(=O)O)c4cc(O)cc(O)c4-c4cc3ccc4O)[C@H](O)c3ccc(c(Cl)c3)Oc3cc2cc(c3O[C@@H]2O[C@H](CO)[C@@H](O)[C@H](O)[C@H]2O[C@H]2C[C@](C)(N)C(O)[C@H](C)O2)Oc2ccc(cc2Cl)[C@H]1O.[Cu+2]. The number of aromatic hydroxyl groups is 3. The molecule has 7 heterocycles. The van der Waals surface area contributed by atoms with E-state index < -0.39 is 237 Å². The van der Waals surface area contributed by atoms with E-state index in [1.54, 1.807) is 0 Å². The molecule has 7 amide bonds. The van der Waals surface area contributed by atoms with Gasteiger partial charge in [-0.2, -0.15) is 0 Å². The van der Waals surface area contributed by atoms with Gasteiger partial charge in [0.05, 0.1) is 41.3 Å². The summed E-state index contributed by atoms with van der Waals surface area (Å²) in [6.45, 7) is 5.66. The smallest absolute Gasteiger partial charge is 0.508 e. The third kappa shape index (κ3) is 16.4. The van der Waals surface area contributed by atoms with E-state index in [-0.39, 0.29) is 63.3 Å². The van der Waals surface area contributed by atoms with Crippen LogP contribution >= 0.6 is 23.2 Å². The summed E-state index contributed by atoms with van der Waals surface area (Å²) in [5, 5.41) is 131. The van der Waals surface area contributed by atoms with Crippen molar-refractivity contribution in [3.05, 3.63) is 117 Å². The molecule has 0 spiro atoms. The van der Waals surface area contributed by atoms with Gasteiger partial charge in [0.1, 0.15) is 89.5 Å². The van der Waals surface area contributed by atoms with Crippen LogP contribution in [-0.4, -0.2) is 191 Å². The molecule has 5 aromatic carbocycles. The monoisotopic (exact) mass is 1510 g/mol. The molecule has 551 valence electrons. The van der Waals surface area contributed by atoms with E-state index in [0.717, 1.165) is 66.7 Å². The van der Waals surface area contributed by atoms with Crippen molar-refractivity contribution in [2.24, 2.45) is 17.4 Å². The standard InChI is InChI=1S/C66H75Cl2N9O24.Cu/c1-23(2)12-34(71-5)58(88)76-49-51(83)26-7-10-38(32(67)14-26)97-40-16-28-17-41(55(40)101-65-56(54(86)53(85)42(22-78)99-65)100-44-21-66(4,70)57(87)24(3)96-44)98-39-11-8-27(15-33(39)68)52(84)50-63(93)75-48(64(94)95)31-18-29(79)19-37(81)45(31)30-13-25(6-9-36(30)80)46(60(90)77-50)74-61(91)47(28)73-59(89)35(20-43(69)82)72-62(49)92;/h6-11,13-19,23-24,34-35,42,44,46-54,56-57,65,71,78-81,83-87H,12,20-22,70H2,1-5H3,(H2,69,82)(H,72,92)(H,73,89)(H,74,91)(H,75,93)(H,76,88)(H,77,90)(H,94,95);/q;+2/t24-,34+,35-,42+,44-,46+,47+,48+,49+,50-,51+,52+,53+,54-,56+,57?,65-,66-;/m0./s1. The number of phenolic OH excluding ortho intramolecular Hbond substituents is 3. The van der Waals surface area contributed by atoms with Gasteiger partial charge >= 0.3 is 23.0 Å². The Morgan fingerprint density at radius 3 is 1.89 bits per heavy atom. The summed E-state index contributed by atoms with van der Waals surface area (Å²) < 4.78 is 38.3. The van der Waals surface area contributed by atoms with Crippen LogP contribution in [0.15, 0.2) is 78.9 Å². The number of nitrogens with two attached hydrogens (primary N) is 2. The van der Waals surface area contributed by atoms with E-state index in [2.05, 4.69) is 37.2 Å². The Kier molecular flexibility index (Phi) is 23.9. The van der Waals surface area contributed by atoms with Gasteiger partial charge in [0.2, 0.25) is 53.4 Å². The average molecular weight is 1510 g/mol. The average Bonchev–Trinajstić information content (AvgIpc) is 0.773. The van der Waals surface area contributed by atoms with Crippen molar-refractivity contribution in [2.75, 3.05) is 13.7 Å². The molecule has 36 heteroatoms. The van der Waals surface area contributed by atoms with Crippen LogP contribution in [0, 0.1) is 5.92 Å². The number of primary amides is 1. The van der Waals surface area contributed by atoms with E-state index >= 15 is 14.4 Å².